The zero-order valence-corrected chi connectivity index (χ0v) is 21.6. The Balaban J connectivity index is 1.62. The minimum absolute atomic E-state index is 0.0192. The number of hydrogen-bond donors (Lipinski definition) is 1. The summed E-state index contributed by atoms with van der Waals surface area (Å²) in [4.78, 5) is 29.3. The third-order valence-corrected chi connectivity index (χ3v) is 7.29. The van der Waals surface area contributed by atoms with Gasteiger partial charge < -0.3 is 10.1 Å². The molecule has 0 spiro atoms. The van der Waals surface area contributed by atoms with Crippen molar-refractivity contribution < 1.29 is 14.3 Å². The highest BCUT2D eigenvalue weighted by Gasteiger charge is 2.41. The number of unbranched alkanes of at least 4 members (excludes halogenated alkanes) is 1. The summed E-state index contributed by atoms with van der Waals surface area (Å²) in [5.41, 5.74) is 5.29. The molecule has 0 saturated carbocycles. The van der Waals surface area contributed by atoms with E-state index >= 15 is 0 Å². The zero-order chi connectivity index (χ0) is 25.8. The Labute approximate surface area is 219 Å². The first-order valence-electron chi connectivity index (χ1n) is 13.3. The predicted octanol–water partition coefficient (Wildman–Crippen LogP) is 7.18. The molecule has 2 atom stereocenters. The Hall–Kier alpha value is -3.86. The first-order valence-corrected chi connectivity index (χ1v) is 13.3. The van der Waals surface area contributed by atoms with Gasteiger partial charge in [-0.15, -0.1) is 0 Å². The number of amides is 1. The van der Waals surface area contributed by atoms with Gasteiger partial charge in [-0.3, -0.25) is 14.5 Å². The summed E-state index contributed by atoms with van der Waals surface area (Å²) in [6.45, 7) is 4.68. The molecule has 1 aliphatic heterocycles. The summed E-state index contributed by atoms with van der Waals surface area (Å²) in [5, 5.41) is 3.59. The zero-order valence-electron chi connectivity index (χ0n) is 21.6. The molecule has 3 aromatic rings. The fraction of sp³-hybridized carbons (Fsp3) is 0.312. The molecule has 0 fully saturated rings. The Morgan fingerprint density at radius 3 is 2.38 bits per heavy atom. The van der Waals surface area contributed by atoms with E-state index in [1.54, 1.807) is 0 Å². The lowest BCUT2D eigenvalue weighted by atomic mass is 9.78. The van der Waals surface area contributed by atoms with Gasteiger partial charge in [-0.05, 0) is 54.2 Å². The number of ketones is 1. The minimum Gasteiger partial charge on any atom is -0.494 e. The number of hydrogen-bond acceptors (Lipinski definition) is 4. The van der Waals surface area contributed by atoms with Crippen LogP contribution < -0.4 is 15.0 Å². The van der Waals surface area contributed by atoms with Crippen LogP contribution in [-0.2, 0) is 9.59 Å². The first-order chi connectivity index (χ1) is 18.1. The molecule has 5 heteroatoms. The molecule has 1 aliphatic carbocycles. The van der Waals surface area contributed by atoms with Crippen LogP contribution >= 0.6 is 0 Å². The van der Waals surface area contributed by atoms with E-state index in [1.165, 1.54) is 0 Å². The van der Waals surface area contributed by atoms with Crippen LogP contribution in [-0.4, -0.2) is 18.3 Å². The second-order valence-electron chi connectivity index (χ2n) is 9.76. The molecule has 37 heavy (non-hydrogen) atoms. The van der Waals surface area contributed by atoms with Gasteiger partial charge in [-0.1, -0.05) is 74.9 Å². The van der Waals surface area contributed by atoms with Crippen LogP contribution in [0, 0.1) is 0 Å². The van der Waals surface area contributed by atoms with Crippen molar-refractivity contribution in [3.63, 3.8) is 0 Å². The number of Topliss-reactive ketones (excluding diaryl/α,β-unsaturated/α-hetero) is 1. The molecule has 0 unspecified atom stereocenters. The molecule has 2 aliphatic rings. The van der Waals surface area contributed by atoms with Crippen LogP contribution in [0.25, 0.3) is 0 Å². The maximum atomic E-state index is 13.9. The number of nitrogens with zero attached hydrogens (tertiary/aromatic N) is 1. The number of para-hydroxylation sites is 2. The molecule has 1 amide bonds. The van der Waals surface area contributed by atoms with Gasteiger partial charge in [0.25, 0.3) is 0 Å². The number of carbonyl (C=O) groups is 2. The molecule has 5 rings (SSSR count). The van der Waals surface area contributed by atoms with E-state index in [0.29, 0.717) is 31.4 Å². The highest BCUT2D eigenvalue weighted by Crippen LogP contribution is 2.47. The quantitative estimate of drug-likeness (QED) is 0.354. The summed E-state index contributed by atoms with van der Waals surface area (Å²) >= 11 is 0. The number of rotatable bonds is 7. The highest BCUT2D eigenvalue weighted by molar-refractivity contribution is 6.06. The normalized spacial score (nSPS) is 19.0. The first kappa shape index (κ1) is 24.8. The van der Waals surface area contributed by atoms with E-state index < -0.39 is 6.04 Å². The van der Waals surface area contributed by atoms with E-state index in [0.717, 1.165) is 46.8 Å². The van der Waals surface area contributed by atoms with Crippen LogP contribution in [0.3, 0.4) is 0 Å². The second kappa shape index (κ2) is 11.0. The smallest absolute Gasteiger partial charge is 0.227 e. The molecule has 0 aromatic heterocycles. The molecule has 0 radical (unpaired) electrons. The van der Waals surface area contributed by atoms with Crippen molar-refractivity contribution in [2.45, 2.75) is 57.9 Å². The summed E-state index contributed by atoms with van der Waals surface area (Å²) in [7, 11) is 0. The van der Waals surface area contributed by atoms with Gasteiger partial charge in [0.1, 0.15) is 5.75 Å². The Morgan fingerprint density at radius 2 is 1.65 bits per heavy atom. The summed E-state index contributed by atoms with van der Waals surface area (Å²) in [6, 6.07) is 25.5. The number of allylic oxidation sites excluding steroid dienone is 1. The maximum absolute atomic E-state index is 13.9. The SMILES string of the molecule is CCCCOc1ccc([C@@H]2C3=C(C[C@H](c4ccccc4)CC3=O)Nc3ccccc3N2C(=O)CC)cc1. The van der Waals surface area contributed by atoms with Gasteiger partial charge >= 0.3 is 0 Å². The van der Waals surface area contributed by atoms with Crippen LogP contribution in [0.15, 0.2) is 90.1 Å². The van der Waals surface area contributed by atoms with Crippen molar-refractivity contribution in [1.82, 2.24) is 0 Å². The number of anilines is 2. The van der Waals surface area contributed by atoms with Crippen molar-refractivity contribution in [1.29, 1.82) is 0 Å². The fourth-order valence-corrected chi connectivity index (χ4v) is 5.39. The number of benzene rings is 3. The van der Waals surface area contributed by atoms with Crippen molar-refractivity contribution in [2.75, 3.05) is 16.8 Å². The van der Waals surface area contributed by atoms with Gasteiger partial charge in [-0.2, -0.15) is 0 Å². The average Bonchev–Trinajstić information content (AvgIpc) is 3.08. The highest BCUT2D eigenvalue weighted by atomic mass is 16.5. The monoisotopic (exact) mass is 494 g/mol. The Kier molecular flexibility index (Phi) is 7.40. The number of nitrogens with one attached hydrogen (secondary N) is 1. The van der Waals surface area contributed by atoms with E-state index in [9.17, 15) is 9.59 Å². The largest absolute Gasteiger partial charge is 0.494 e. The molecular formula is C32H34N2O3. The Bertz CT molecular complexity index is 1300. The number of ether oxygens (including phenoxy) is 1. The third kappa shape index (κ3) is 5.04. The molecule has 190 valence electrons. The van der Waals surface area contributed by atoms with Gasteiger partial charge in [-0.25, -0.2) is 0 Å². The van der Waals surface area contributed by atoms with E-state index in [-0.39, 0.29) is 17.6 Å². The van der Waals surface area contributed by atoms with E-state index in [4.69, 9.17) is 4.74 Å². The van der Waals surface area contributed by atoms with Gasteiger partial charge in [0.2, 0.25) is 5.91 Å². The molecule has 1 N–H and O–H groups in total. The maximum Gasteiger partial charge on any atom is 0.227 e. The van der Waals surface area contributed by atoms with Crippen molar-refractivity contribution in [2.24, 2.45) is 0 Å². The molecule has 0 bridgehead atoms. The molecular weight excluding hydrogens is 460 g/mol. The van der Waals surface area contributed by atoms with Crippen molar-refractivity contribution >= 4 is 23.1 Å². The minimum atomic E-state index is -0.507. The standard InChI is InChI=1S/C32H34N2O3/c1-3-5-19-37-25-17-15-23(16-18-25)32-31-27(20-24(21-29(31)35)22-11-7-6-8-12-22)33-26-13-9-10-14-28(26)34(32)30(36)4-2/h6-18,24,32-33H,3-5,19-21H2,1-2H3/t24-,32+/m0/s1. The fourth-order valence-electron chi connectivity index (χ4n) is 5.39. The van der Waals surface area contributed by atoms with Crippen LogP contribution in [0.4, 0.5) is 11.4 Å². The lowest BCUT2D eigenvalue weighted by Gasteiger charge is -2.35. The third-order valence-electron chi connectivity index (χ3n) is 7.29. The van der Waals surface area contributed by atoms with Crippen LogP contribution in [0.5, 0.6) is 5.75 Å². The van der Waals surface area contributed by atoms with Gasteiger partial charge in [0.05, 0.1) is 24.0 Å². The number of carbonyl (C=O) groups excluding carboxylic acids is 2. The van der Waals surface area contributed by atoms with Crippen LogP contribution in [0.2, 0.25) is 0 Å². The Morgan fingerprint density at radius 1 is 0.919 bits per heavy atom. The second-order valence-corrected chi connectivity index (χ2v) is 9.76. The number of fused-ring (bicyclic) bond motifs is 1. The topological polar surface area (TPSA) is 58.6 Å². The van der Waals surface area contributed by atoms with Crippen molar-refractivity contribution in [3.8, 4) is 5.75 Å². The lowest BCUT2D eigenvalue weighted by molar-refractivity contribution is -0.119. The summed E-state index contributed by atoms with van der Waals surface area (Å²) in [6.07, 6.45) is 3.54. The van der Waals surface area contributed by atoms with Gasteiger partial charge in [0, 0.05) is 24.1 Å². The van der Waals surface area contributed by atoms with Gasteiger partial charge in [0.15, 0.2) is 5.78 Å². The van der Waals surface area contributed by atoms with Crippen LogP contribution in [0.1, 0.15) is 69.0 Å². The van der Waals surface area contributed by atoms with Crippen molar-refractivity contribution in [3.05, 3.63) is 101 Å². The summed E-state index contributed by atoms with van der Waals surface area (Å²) < 4.78 is 5.88. The van der Waals surface area contributed by atoms with E-state index in [2.05, 4.69) is 24.4 Å². The molecule has 0 saturated heterocycles. The van der Waals surface area contributed by atoms with E-state index in [1.807, 2.05) is 78.6 Å². The molecule has 3 aromatic carbocycles. The lowest BCUT2D eigenvalue weighted by Crippen LogP contribution is -2.38. The molecule has 1 heterocycles. The molecule has 5 nitrogen and oxygen atoms in total. The average molecular weight is 495 g/mol. The summed E-state index contributed by atoms with van der Waals surface area (Å²) in [5.74, 6) is 0.952. The predicted molar refractivity (Wildman–Crippen MR) is 148 cm³/mol.